The predicted molar refractivity (Wildman–Crippen MR) is 66.3 cm³/mol. The summed E-state index contributed by atoms with van der Waals surface area (Å²) in [6, 6.07) is 2.17. The van der Waals surface area contributed by atoms with E-state index in [4.69, 9.17) is 4.74 Å². The molecule has 1 aromatic rings. The van der Waals surface area contributed by atoms with Crippen molar-refractivity contribution in [3.8, 4) is 5.75 Å². The molecule has 88 valence electrons. The van der Waals surface area contributed by atoms with E-state index < -0.39 is 0 Å². The molecule has 0 fully saturated rings. The fraction of sp³-hybridized carbons (Fsp3) is 0.615. The lowest BCUT2D eigenvalue weighted by Gasteiger charge is -2.28. The predicted octanol–water partition coefficient (Wildman–Crippen LogP) is 2.67. The molecule has 0 aromatic carbocycles. The van der Waals surface area contributed by atoms with Crippen LogP contribution in [0.4, 0.5) is 5.69 Å². The molecule has 0 radical (unpaired) electrons. The first-order valence-electron chi connectivity index (χ1n) is 5.93. The Hall–Kier alpha value is -1.25. The van der Waals surface area contributed by atoms with Crippen molar-refractivity contribution in [1.29, 1.82) is 0 Å². The summed E-state index contributed by atoms with van der Waals surface area (Å²) in [7, 11) is 2.10. The number of nitrogens with zero attached hydrogens (tertiary/aromatic N) is 2. The minimum Gasteiger partial charge on any atom is -0.488 e. The van der Waals surface area contributed by atoms with Crippen molar-refractivity contribution in [3.63, 3.8) is 0 Å². The van der Waals surface area contributed by atoms with E-state index in [-0.39, 0.29) is 0 Å². The van der Waals surface area contributed by atoms with Gasteiger partial charge in [0.05, 0.1) is 18.4 Å². The summed E-state index contributed by atoms with van der Waals surface area (Å²) >= 11 is 0. The molecule has 0 bridgehead atoms. The number of pyridine rings is 1. The van der Waals surface area contributed by atoms with Crippen LogP contribution in [0.1, 0.15) is 32.4 Å². The molecule has 0 N–H and O–H groups in total. The molecule has 16 heavy (non-hydrogen) atoms. The van der Waals surface area contributed by atoms with E-state index >= 15 is 0 Å². The van der Waals surface area contributed by atoms with Gasteiger partial charge in [0, 0.05) is 18.7 Å². The molecule has 0 saturated carbocycles. The summed E-state index contributed by atoms with van der Waals surface area (Å²) in [5, 5.41) is 0. The number of anilines is 1. The number of rotatable bonds is 2. The molecule has 0 amide bonds. The Morgan fingerprint density at radius 2 is 2.12 bits per heavy atom. The van der Waals surface area contributed by atoms with Crippen LogP contribution in [-0.2, 0) is 0 Å². The van der Waals surface area contributed by atoms with Gasteiger partial charge in [0.1, 0.15) is 6.61 Å². The van der Waals surface area contributed by atoms with Gasteiger partial charge in [0.2, 0.25) is 0 Å². The zero-order chi connectivity index (χ0) is 11.7. The monoisotopic (exact) mass is 220 g/mol. The molecule has 1 aromatic heterocycles. The Morgan fingerprint density at radius 1 is 1.38 bits per heavy atom. The van der Waals surface area contributed by atoms with Gasteiger partial charge in [0.25, 0.3) is 0 Å². The summed E-state index contributed by atoms with van der Waals surface area (Å²) < 4.78 is 5.58. The second kappa shape index (κ2) is 4.32. The van der Waals surface area contributed by atoms with Gasteiger partial charge in [-0.15, -0.1) is 0 Å². The molecule has 2 heterocycles. The van der Waals surface area contributed by atoms with Crippen molar-refractivity contribution in [2.45, 2.75) is 26.7 Å². The quantitative estimate of drug-likeness (QED) is 0.766. The van der Waals surface area contributed by atoms with Crippen LogP contribution in [-0.4, -0.2) is 25.2 Å². The van der Waals surface area contributed by atoms with E-state index in [1.807, 2.05) is 6.20 Å². The summed E-state index contributed by atoms with van der Waals surface area (Å²) in [6.07, 6.45) is 1.86. The van der Waals surface area contributed by atoms with Crippen LogP contribution in [0, 0.1) is 5.92 Å². The molecule has 0 saturated heterocycles. The van der Waals surface area contributed by atoms with Crippen LogP contribution in [0.15, 0.2) is 12.3 Å². The second-order valence-corrected chi connectivity index (χ2v) is 4.88. The number of hydrogen-bond donors (Lipinski definition) is 0. The van der Waals surface area contributed by atoms with Crippen LogP contribution < -0.4 is 9.64 Å². The van der Waals surface area contributed by atoms with Crippen LogP contribution in [0.2, 0.25) is 0 Å². The molecular formula is C13H20N2O. The molecule has 3 nitrogen and oxygen atoms in total. The van der Waals surface area contributed by atoms with Crippen LogP contribution in [0.3, 0.4) is 0 Å². The minimum absolute atomic E-state index is 0.487. The second-order valence-electron chi connectivity index (χ2n) is 4.88. The van der Waals surface area contributed by atoms with Gasteiger partial charge in [0.15, 0.2) is 5.75 Å². The highest BCUT2D eigenvalue weighted by molar-refractivity contribution is 5.59. The molecule has 0 aliphatic carbocycles. The number of likely N-dealkylation sites (N-methyl/N-ethyl adjacent to an activating group) is 1. The number of hydrogen-bond acceptors (Lipinski definition) is 3. The molecule has 1 aliphatic rings. The number of fused-ring (bicyclic) bond motifs is 1. The van der Waals surface area contributed by atoms with Crippen LogP contribution in [0.25, 0.3) is 0 Å². The molecule has 1 unspecified atom stereocenters. The highest BCUT2D eigenvalue weighted by atomic mass is 16.5. The van der Waals surface area contributed by atoms with Crippen molar-refractivity contribution in [2.24, 2.45) is 5.92 Å². The standard InChI is InChI=1S/C13H20N2O/c1-9(2)10(3)11-7-12-13(8-14-11)16-6-5-15(12)4/h7-10H,5-6H2,1-4H3. The van der Waals surface area contributed by atoms with Gasteiger partial charge in [-0.2, -0.15) is 0 Å². The Kier molecular flexibility index (Phi) is 3.03. The van der Waals surface area contributed by atoms with Crippen molar-refractivity contribution in [3.05, 3.63) is 18.0 Å². The number of aromatic nitrogens is 1. The summed E-state index contributed by atoms with van der Waals surface area (Å²) in [5.74, 6) is 2.01. The molecular weight excluding hydrogens is 200 g/mol. The lowest BCUT2D eigenvalue weighted by Crippen LogP contribution is -2.29. The maximum Gasteiger partial charge on any atom is 0.160 e. The Balaban J connectivity index is 2.34. The minimum atomic E-state index is 0.487. The van der Waals surface area contributed by atoms with Crippen LogP contribution in [0.5, 0.6) is 5.75 Å². The number of ether oxygens (including phenoxy) is 1. The molecule has 1 aliphatic heterocycles. The first-order chi connectivity index (χ1) is 7.59. The van der Waals surface area contributed by atoms with Crippen molar-refractivity contribution >= 4 is 5.69 Å². The van der Waals surface area contributed by atoms with Gasteiger partial charge in [-0.1, -0.05) is 20.8 Å². The molecule has 1 atom stereocenters. The smallest absolute Gasteiger partial charge is 0.160 e. The Morgan fingerprint density at radius 3 is 2.81 bits per heavy atom. The highest BCUT2D eigenvalue weighted by Crippen LogP contribution is 2.33. The summed E-state index contributed by atoms with van der Waals surface area (Å²) in [6.45, 7) is 8.39. The van der Waals surface area contributed by atoms with Crippen molar-refractivity contribution in [1.82, 2.24) is 4.98 Å². The maximum absolute atomic E-state index is 5.58. The summed E-state index contributed by atoms with van der Waals surface area (Å²) in [4.78, 5) is 6.73. The topological polar surface area (TPSA) is 25.4 Å². The normalized spacial score (nSPS) is 16.9. The zero-order valence-corrected chi connectivity index (χ0v) is 10.5. The van der Waals surface area contributed by atoms with Gasteiger partial charge >= 0.3 is 0 Å². The molecule has 3 heteroatoms. The van der Waals surface area contributed by atoms with Gasteiger partial charge in [-0.25, -0.2) is 0 Å². The fourth-order valence-electron chi connectivity index (χ4n) is 1.86. The van der Waals surface area contributed by atoms with Gasteiger partial charge in [-0.05, 0) is 12.0 Å². The molecule has 2 rings (SSSR count). The van der Waals surface area contributed by atoms with Crippen molar-refractivity contribution < 1.29 is 4.74 Å². The summed E-state index contributed by atoms with van der Waals surface area (Å²) in [5.41, 5.74) is 2.33. The zero-order valence-electron chi connectivity index (χ0n) is 10.5. The van der Waals surface area contributed by atoms with E-state index in [1.165, 1.54) is 5.69 Å². The Labute approximate surface area is 97.4 Å². The van der Waals surface area contributed by atoms with E-state index in [0.29, 0.717) is 11.8 Å². The maximum atomic E-state index is 5.58. The third-order valence-corrected chi connectivity index (χ3v) is 3.43. The van der Waals surface area contributed by atoms with E-state index in [2.05, 4.69) is 43.8 Å². The first kappa shape index (κ1) is 11.2. The third-order valence-electron chi connectivity index (χ3n) is 3.43. The van der Waals surface area contributed by atoms with Crippen LogP contribution >= 0.6 is 0 Å². The highest BCUT2D eigenvalue weighted by Gasteiger charge is 2.19. The molecule has 0 spiro atoms. The van der Waals surface area contributed by atoms with E-state index in [0.717, 1.165) is 24.6 Å². The first-order valence-corrected chi connectivity index (χ1v) is 5.93. The van der Waals surface area contributed by atoms with Crippen molar-refractivity contribution in [2.75, 3.05) is 25.1 Å². The van der Waals surface area contributed by atoms with E-state index in [1.54, 1.807) is 0 Å². The largest absolute Gasteiger partial charge is 0.488 e. The lowest BCUT2D eigenvalue weighted by atomic mass is 9.94. The average molecular weight is 220 g/mol. The van der Waals surface area contributed by atoms with E-state index in [9.17, 15) is 0 Å². The Bertz CT molecular complexity index is 376. The van der Waals surface area contributed by atoms with Gasteiger partial charge in [-0.3, -0.25) is 4.98 Å². The SMILES string of the molecule is CC(C)C(C)c1cc2c(cn1)OCCN2C. The lowest BCUT2D eigenvalue weighted by molar-refractivity contribution is 0.309. The average Bonchev–Trinajstić information content (AvgIpc) is 2.28. The van der Waals surface area contributed by atoms with Gasteiger partial charge < -0.3 is 9.64 Å². The third kappa shape index (κ3) is 1.99. The fourth-order valence-corrected chi connectivity index (χ4v) is 1.86.